The van der Waals surface area contributed by atoms with Gasteiger partial charge in [0.2, 0.25) is 5.91 Å². The van der Waals surface area contributed by atoms with Crippen molar-refractivity contribution in [1.29, 1.82) is 0 Å². The van der Waals surface area contributed by atoms with Crippen LogP contribution in [-0.2, 0) is 4.79 Å². The van der Waals surface area contributed by atoms with Gasteiger partial charge in [-0.25, -0.2) is 0 Å². The quantitative estimate of drug-likeness (QED) is 0.661. The van der Waals surface area contributed by atoms with Crippen LogP contribution in [-0.4, -0.2) is 55.5 Å². The predicted molar refractivity (Wildman–Crippen MR) is 61.6 cm³/mol. The molecule has 0 saturated heterocycles. The highest BCUT2D eigenvalue weighted by atomic mass is 16.2. The third-order valence-electron chi connectivity index (χ3n) is 2.82. The van der Waals surface area contributed by atoms with E-state index in [4.69, 9.17) is 5.73 Å². The first-order valence-corrected chi connectivity index (χ1v) is 5.79. The largest absolute Gasteiger partial charge is 0.349 e. The molecule has 0 atom stereocenters. The van der Waals surface area contributed by atoms with Gasteiger partial charge in [-0.15, -0.1) is 0 Å². The molecule has 1 rings (SSSR count). The van der Waals surface area contributed by atoms with Crippen LogP contribution in [0.25, 0.3) is 0 Å². The first kappa shape index (κ1) is 12.5. The monoisotopic (exact) mass is 213 g/mol. The smallest absolute Gasteiger partial charge is 0.223 e. The van der Waals surface area contributed by atoms with E-state index in [2.05, 4.69) is 4.90 Å². The van der Waals surface area contributed by atoms with E-state index in [1.165, 1.54) is 12.8 Å². The average Bonchev–Trinajstić information content (AvgIpc) is 3.01. The molecule has 0 radical (unpaired) electrons. The van der Waals surface area contributed by atoms with Gasteiger partial charge in [-0.3, -0.25) is 9.69 Å². The van der Waals surface area contributed by atoms with Crippen LogP contribution in [0.2, 0.25) is 0 Å². The maximum atomic E-state index is 11.4. The zero-order valence-corrected chi connectivity index (χ0v) is 9.91. The lowest BCUT2D eigenvalue weighted by atomic mass is 10.3. The second-order valence-corrected chi connectivity index (χ2v) is 4.45. The van der Waals surface area contributed by atoms with E-state index in [1.54, 1.807) is 4.90 Å². The van der Waals surface area contributed by atoms with Crippen LogP contribution in [0.1, 0.15) is 25.7 Å². The second-order valence-electron chi connectivity index (χ2n) is 4.45. The molecule has 4 nitrogen and oxygen atoms in total. The molecule has 2 N–H and O–H groups in total. The summed E-state index contributed by atoms with van der Waals surface area (Å²) in [5, 5.41) is 0. The van der Waals surface area contributed by atoms with Crippen molar-refractivity contribution in [1.82, 2.24) is 9.80 Å². The van der Waals surface area contributed by atoms with Crippen molar-refractivity contribution in [2.45, 2.75) is 31.7 Å². The average molecular weight is 213 g/mol. The summed E-state index contributed by atoms with van der Waals surface area (Å²) < 4.78 is 0. The minimum Gasteiger partial charge on any atom is -0.349 e. The normalized spacial score (nSPS) is 15.7. The molecule has 15 heavy (non-hydrogen) atoms. The van der Waals surface area contributed by atoms with Gasteiger partial charge in [-0.1, -0.05) is 0 Å². The van der Waals surface area contributed by atoms with Crippen LogP contribution >= 0.6 is 0 Å². The zero-order chi connectivity index (χ0) is 11.3. The van der Waals surface area contributed by atoms with Gasteiger partial charge in [0, 0.05) is 33.1 Å². The Morgan fingerprint density at radius 3 is 2.47 bits per heavy atom. The molecule has 0 aromatic heterocycles. The maximum Gasteiger partial charge on any atom is 0.223 e. The summed E-state index contributed by atoms with van der Waals surface area (Å²) in [5.74, 6) is 0.216. The molecule has 0 heterocycles. The Labute approximate surface area is 92.4 Å². The van der Waals surface area contributed by atoms with Crippen LogP contribution in [0, 0.1) is 0 Å². The number of hydrogen-bond acceptors (Lipinski definition) is 3. The number of hydrogen-bond donors (Lipinski definition) is 1. The van der Waals surface area contributed by atoms with Gasteiger partial charge in [0.15, 0.2) is 0 Å². The lowest BCUT2D eigenvalue weighted by Gasteiger charge is -2.22. The highest BCUT2D eigenvalue weighted by molar-refractivity contribution is 5.75. The Bertz CT molecular complexity index is 202. The van der Waals surface area contributed by atoms with E-state index >= 15 is 0 Å². The van der Waals surface area contributed by atoms with Crippen molar-refractivity contribution >= 4 is 5.91 Å². The lowest BCUT2D eigenvalue weighted by molar-refractivity contribution is -0.129. The molecule has 1 aliphatic carbocycles. The molecule has 0 unspecified atom stereocenters. The molecule has 1 fully saturated rings. The number of nitrogens with zero attached hydrogens (tertiary/aromatic N) is 2. The third kappa shape index (κ3) is 4.62. The van der Waals surface area contributed by atoms with Gasteiger partial charge >= 0.3 is 0 Å². The highest BCUT2D eigenvalue weighted by Gasteiger charge is 2.28. The molecule has 0 spiro atoms. The van der Waals surface area contributed by atoms with Crippen molar-refractivity contribution in [3.8, 4) is 0 Å². The third-order valence-corrected chi connectivity index (χ3v) is 2.82. The van der Waals surface area contributed by atoms with E-state index < -0.39 is 0 Å². The fourth-order valence-electron chi connectivity index (χ4n) is 1.67. The van der Waals surface area contributed by atoms with E-state index in [0.29, 0.717) is 6.42 Å². The fraction of sp³-hybridized carbons (Fsp3) is 0.909. The Kier molecular flexibility index (Phi) is 5.05. The maximum absolute atomic E-state index is 11.4. The topological polar surface area (TPSA) is 49.6 Å². The van der Waals surface area contributed by atoms with Crippen molar-refractivity contribution in [3.63, 3.8) is 0 Å². The van der Waals surface area contributed by atoms with Crippen molar-refractivity contribution in [2.75, 3.05) is 33.7 Å². The van der Waals surface area contributed by atoms with Crippen molar-refractivity contribution in [2.24, 2.45) is 5.73 Å². The van der Waals surface area contributed by atoms with Crippen molar-refractivity contribution < 1.29 is 4.79 Å². The van der Waals surface area contributed by atoms with Gasteiger partial charge in [0.05, 0.1) is 0 Å². The van der Waals surface area contributed by atoms with Crippen LogP contribution in [0.4, 0.5) is 0 Å². The summed E-state index contributed by atoms with van der Waals surface area (Å²) in [7, 11) is 3.62. The van der Waals surface area contributed by atoms with Crippen LogP contribution in [0.5, 0.6) is 0 Å². The van der Waals surface area contributed by atoms with Gasteiger partial charge in [0.1, 0.15) is 0 Å². The minimum atomic E-state index is 0.216. The summed E-state index contributed by atoms with van der Waals surface area (Å²) in [6.45, 7) is 2.68. The molecule has 0 aromatic rings. The van der Waals surface area contributed by atoms with E-state index in [0.717, 1.165) is 32.1 Å². The van der Waals surface area contributed by atoms with E-state index in [1.807, 2.05) is 14.1 Å². The predicted octanol–water partition coefficient (Wildman–Crippen LogP) is 0.278. The summed E-state index contributed by atoms with van der Waals surface area (Å²) in [6.07, 6.45) is 4.25. The molecule has 4 heteroatoms. The number of carbonyl (C=O) groups is 1. The number of rotatable bonds is 7. The SMILES string of the molecule is CN(C)C(=O)CCN(CCCN)C1CC1. The molecule has 0 aromatic carbocycles. The van der Waals surface area contributed by atoms with Crippen LogP contribution in [0.3, 0.4) is 0 Å². The first-order chi connectivity index (χ1) is 7.15. The minimum absolute atomic E-state index is 0.216. The molecule has 1 aliphatic rings. The Morgan fingerprint density at radius 1 is 1.33 bits per heavy atom. The highest BCUT2D eigenvalue weighted by Crippen LogP contribution is 2.26. The molecule has 0 aliphatic heterocycles. The van der Waals surface area contributed by atoms with Crippen LogP contribution < -0.4 is 5.73 Å². The fourth-order valence-corrected chi connectivity index (χ4v) is 1.67. The number of carbonyl (C=O) groups excluding carboxylic acids is 1. The van der Waals surface area contributed by atoms with Crippen molar-refractivity contribution in [3.05, 3.63) is 0 Å². The van der Waals surface area contributed by atoms with Crippen LogP contribution in [0.15, 0.2) is 0 Å². The summed E-state index contributed by atoms with van der Waals surface area (Å²) in [6, 6.07) is 0.728. The standard InChI is InChI=1S/C11H23N3O/c1-13(2)11(15)6-9-14(8-3-7-12)10-4-5-10/h10H,3-9,12H2,1-2H3. The lowest BCUT2D eigenvalue weighted by Crippen LogP contribution is -2.33. The molecule has 1 saturated carbocycles. The molecule has 0 bridgehead atoms. The second kappa shape index (κ2) is 6.08. The van der Waals surface area contributed by atoms with Gasteiger partial charge in [-0.05, 0) is 32.4 Å². The summed E-state index contributed by atoms with van der Waals surface area (Å²) in [4.78, 5) is 15.5. The number of amides is 1. The Morgan fingerprint density at radius 2 is 2.00 bits per heavy atom. The van der Waals surface area contributed by atoms with Gasteiger partial charge in [0.25, 0.3) is 0 Å². The Balaban J connectivity index is 2.22. The number of nitrogens with two attached hydrogens (primary N) is 1. The first-order valence-electron chi connectivity index (χ1n) is 5.79. The summed E-state index contributed by atoms with van der Waals surface area (Å²) >= 11 is 0. The molecule has 1 amide bonds. The Hall–Kier alpha value is -0.610. The molecular weight excluding hydrogens is 190 g/mol. The zero-order valence-electron chi connectivity index (χ0n) is 9.91. The van der Waals surface area contributed by atoms with E-state index in [9.17, 15) is 4.79 Å². The molecular formula is C11H23N3O. The molecule has 88 valence electrons. The van der Waals surface area contributed by atoms with E-state index in [-0.39, 0.29) is 5.91 Å². The summed E-state index contributed by atoms with van der Waals surface area (Å²) in [5.41, 5.74) is 5.50. The van der Waals surface area contributed by atoms with Gasteiger partial charge < -0.3 is 10.6 Å². The van der Waals surface area contributed by atoms with Gasteiger partial charge in [-0.2, -0.15) is 0 Å².